The van der Waals surface area contributed by atoms with Crippen LogP contribution < -0.4 is 10.1 Å². The molecular formula is C19H18N2O4. The minimum Gasteiger partial charge on any atom is -0.488 e. The van der Waals surface area contributed by atoms with Gasteiger partial charge in [-0.1, -0.05) is 30.3 Å². The molecule has 0 unspecified atom stereocenters. The number of methoxy groups -OCH3 is 1. The number of H-pyrrole nitrogens is 1. The summed E-state index contributed by atoms with van der Waals surface area (Å²) in [6.07, 6.45) is 0. The molecule has 0 saturated carbocycles. The lowest BCUT2D eigenvalue weighted by molar-refractivity contribution is -0.114. The zero-order chi connectivity index (χ0) is 17.8. The molecule has 0 aliphatic rings. The van der Waals surface area contributed by atoms with E-state index in [4.69, 9.17) is 9.47 Å². The largest absolute Gasteiger partial charge is 0.488 e. The van der Waals surface area contributed by atoms with Crippen molar-refractivity contribution in [2.45, 2.75) is 13.5 Å². The number of carbonyl (C=O) groups excluding carboxylic acids is 2. The van der Waals surface area contributed by atoms with Crippen LogP contribution in [0.1, 0.15) is 23.0 Å². The van der Waals surface area contributed by atoms with E-state index in [1.54, 1.807) is 18.2 Å². The van der Waals surface area contributed by atoms with Gasteiger partial charge in [0.15, 0.2) is 0 Å². The number of nitrogens with one attached hydrogen (secondary N) is 2. The Kier molecular flexibility index (Phi) is 4.70. The van der Waals surface area contributed by atoms with Crippen LogP contribution in [-0.4, -0.2) is 24.0 Å². The van der Waals surface area contributed by atoms with Crippen molar-refractivity contribution in [3.63, 3.8) is 0 Å². The zero-order valence-electron chi connectivity index (χ0n) is 14.0. The van der Waals surface area contributed by atoms with Crippen molar-refractivity contribution < 1.29 is 19.1 Å². The van der Waals surface area contributed by atoms with Gasteiger partial charge in [-0.25, -0.2) is 4.79 Å². The van der Waals surface area contributed by atoms with E-state index in [9.17, 15) is 9.59 Å². The van der Waals surface area contributed by atoms with Crippen molar-refractivity contribution in [2.24, 2.45) is 0 Å². The smallest absolute Gasteiger partial charge is 0.354 e. The Hall–Kier alpha value is -3.28. The highest BCUT2D eigenvalue weighted by Crippen LogP contribution is 2.31. The van der Waals surface area contributed by atoms with Crippen LogP contribution in [-0.2, 0) is 16.1 Å². The van der Waals surface area contributed by atoms with Crippen LogP contribution in [0.2, 0.25) is 0 Å². The predicted octanol–water partition coefficient (Wildman–Crippen LogP) is 3.49. The van der Waals surface area contributed by atoms with E-state index in [1.807, 2.05) is 30.3 Å². The van der Waals surface area contributed by atoms with Crippen molar-refractivity contribution in [1.82, 2.24) is 4.98 Å². The molecule has 6 nitrogen and oxygen atoms in total. The molecule has 3 rings (SSSR count). The normalized spacial score (nSPS) is 10.5. The Bertz CT molecular complexity index is 916. The van der Waals surface area contributed by atoms with Crippen LogP contribution in [0, 0.1) is 0 Å². The summed E-state index contributed by atoms with van der Waals surface area (Å²) in [4.78, 5) is 26.1. The third kappa shape index (κ3) is 3.80. The van der Waals surface area contributed by atoms with Gasteiger partial charge in [0.1, 0.15) is 18.1 Å². The van der Waals surface area contributed by atoms with Gasteiger partial charge in [-0.2, -0.15) is 0 Å². The van der Waals surface area contributed by atoms with E-state index in [1.165, 1.54) is 14.0 Å². The Morgan fingerprint density at radius 2 is 1.88 bits per heavy atom. The number of rotatable bonds is 5. The molecule has 128 valence electrons. The van der Waals surface area contributed by atoms with Crippen molar-refractivity contribution in [1.29, 1.82) is 0 Å². The monoisotopic (exact) mass is 338 g/mol. The fraction of sp³-hybridized carbons (Fsp3) is 0.158. The maximum Gasteiger partial charge on any atom is 0.354 e. The molecule has 0 fully saturated rings. The van der Waals surface area contributed by atoms with E-state index >= 15 is 0 Å². The third-order valence-electron chi connectivity index (χ3n) is 3.66. The Morgan fingerprint density at radius 1 is 1.12 bits per heavy atom. The molecule has 0 radical (unpaired) electrons. The van der Waals surface area contributed by atoms with Crippen LogP contribution in [0.5, 0.6) is 5.75 Å². The minimum absolute atomic E-state index is 0.187. The second-order valence-corrected chi connectivity index (χ2v) is 5.57. The molecule has 25 heavy (non-hydrogen) atoms. The van der Waals surface area contributed by atoms with Gasteiger partial charge in [-0.05, 0) is 17.7 Å². The van der Waals surface area contributed by atoms with Crippen LogP contribution in [0.15, 0.2) is 48.5 Å². The van der Waals surface area contributed by atoms with Crippen molar-refractivity contribution >= 4 is 28.5 Å². The maximum absolute atomic E-state index is 11.8. The first-order chi connectivity index (χ1) is 12.1. The van der Waals surface area contributed by atoms with E-state index in [-0.39, 0.29) is 5.91 Å². The number of hydrogen-bond donors (Lipinski definition) is 2. The first-order valence-corrected chi connectivity index (χ1v) is 7.76. The number of carbonyl (C=O) groups is 2. The number of hydrogen-bond acceptors (Lipinski definition) is 4. The Morgan fingerprint density at radius 3 is 2.56 bits per heavy atom. The topological polar surface area (TPSA) is 80.4 Å². The fourth-order valence-corrected chi connectivity index (χ4v) is 2.55. The summed E-state index contributed by atoms with van der Waals surface area (Å²) in [7, 11) is 1.32. The first-order valence-electron chi connectivity index (χ1n) is 7.76. The summed E-state index contributed by atoms with van der Waals surface area (Å²) >= 11 is 0. The van der Waals surface area contributed by atoms with Gasteiger partial charge in [-0.3, -0.25) is 4.79 Å². The number of fused-ring (bicyclic) bond motifs is 1. The van der Waals surface area contributed by atoms with Crippen LogP contribution >= 0.6 is 0 Å². The van der Waals surface area contributed by atoms with Crippen LogP contribution in [0.3, 0.4) is 0 Å². The number of anilines is 1. The average Bonchev–Trinajstić information content (AvgIpc) is 3.03. The molecule has 1 heterocycles. The molecule has 0 atom stereocenters. The van der Waals surface area contributed by atoms with E-state index in [0.29, 0.717) is 29.3 Å². The van der Waals surface area contributed by atoms with Crippen molar-refractivity contribution in [3.8, 4) is 5.75 Å². The van der Waals surface area contributed by atoms with E-state index in [0.717, 1.165) is 10.9 Å². The van der Waals surface area contributed by atoms with Crippen LogP contribution in [0.25, 0.3) is 10.9 Å². The molecule has 1 aromatic heterocycles. The molecule has 3 aromatic rings. The second kappa shape index (κ2) is 7.09. The van der Waals surface area contributed by atoms with Gasteiger partial charge in [0.2, 0.25) is 5.91 Å². The summed E-state index contributed by atoms with van der Waals surface area (Å²) in [6.45, 7) is 1.81. The van der Waals surface area contributed by atoms with Gasteiger partial charge < -0.3 is 19.8 Å². The van der Waals surface area contributed by atoms with Gasteiger partial charge >= 0.3 is 5.97 Å². The molecule has 0 aliphatic carbocycles. The molecule has 6 heteroatoms. The summed E-state index contributed by atoms with van der Waals surface area (Å²) in [6, 6.07) is 14.9. The molecule has 1 amide bonds. The summed E-state index contributed by atoms with van der Waals surface area (Å²) < 4.78 is 10.7. The lowest BCUT2D eigenvalue weighted by Crippen LogP contribution is -2.06. The zero-order valence-corrected chi connectivity index (χ0v) is 14.0. The highest BCUT2D eigenvalue weighted by molar-refractivity contribution is 6.00. The van der Waals surface area contributed by atoms with Gasteiger partial charge in [0, 0.05) is 24.1 Å². The number of esters is 1. The van der Waals surface area contributed by atoms with Crippen molar-refractivity contribution in [3.05, 3.63) is 59.8 Å². The number of amides is 1. The van der Waals surface area contributed by atoms with Crippen molar-refractivity contribution in [2.75, 3.05) is 12.4 Å². The Labute approximate surface area is 144 Å². The van der Waals surface area contributed by atoms with Gasteiger partial charge in [-0.15, -0.1) is 0 Å². The van der Waals surface area contributed by atoms with Gasteiger partial charge in [0.05, 0.1) is 12.6 Å². The lowest BCUT2D eigenvalue weighted by atomic mass is 10.2. The van der Waals surface area contributed by atoms with Crippen LogP contribution in [0.4, 0.5) is 5.69 Å². The Balaban J connectivity index is 1.98. The quantitative estimate of drug-likeness (QED) is 0.698. The molecule has 2 aromatic carbocycles. The molecule has 0 bridgehead atoms. The number of aromatic amines is 1. The molecule has 0 saturated heterocycles. The second-order valence-electron chi connectivity index (χ2n) is 5.57. The highest BCUT2D eigenvalue weighted by atomic mass is 16.5. The fourth-order valence-electron chi connectivity index (χ4n) is 2.55. The predicted molar refractivity (Wildman–Crippen MR) is 94.7 cm³/mol. The maximum atomic E-state index is 11.8. The van der Waals surface area contributed by atoms with Gasteiger partial charge in [0.25, 0.3) is 0 Å². The van der Waals surface area contributed by atoms with E-state index < -0.39 is 5.97 Å². The standard InChI is InChI=1S/C19H18N2O4/c1-12(22)20-14-8-16-15(10-17(21-16)19(23)24-2)18(9-14)25-11-13-6-4-3-5-7-13/h3-10,21H,11H2,1-2H3,(H,20,22). The minimum atomic E-state index is -0.466. The molecule has 0 spiro atoms. The summed E-state index contributed by atoms with van der Waals surface area (Å²) in [5, 5.41) is 3.47. The first kappa shape index (κ1) is 16.6. The lowest BCUT2D eigenvalue weighted by Gasteiger charge is -2.10. The highest BCUT2D eigenvalue weighted by Gasteiger charge is 2.14. The number of benzene rings is 2. The summed E-state index contributed by atoms with van der Waals surface area (Å²) in [5.41, 5.74) is 2.60. The number of aromatic nitrogens is 1. The third-order valence-corrected chi connectivity index (χ3v) is 3.66. The summed E-state index contributed by atoms with van der Waals surface area (Å²) in [5.74, 6) is -0.0871. The molecule has 2 N–H and O–H groups in total. The SMILES string of the molecule is COC(=O)c1cc2c(OCc3ccccc3)cc(NC(C)=O)cc2[nH]1. The van der Waals surface area contributed by atoms with E-state index in [2.05, 4.69) is 10.3 Å². The molecular weight excluding hydrogens is 320 g/mol. The number of ether oxygens (including phenoxy) is 2. The molecule has 0 aliphatic heterocycles. The average molecular weight is 338 g/mol.